The number of benzene rings is 1. The number of nitrogens with zero attached hydrogens (tertiary/aromatic N) is 1. The number of hydrogen-bond donors (Lipinski definition) is 1. The van der Waals surface area contributed by atoms with Gasteiger partial charge in [0.25, 0.3) is 0 Å². The third-order valence-corrected chi connectivity index (χ3v) is 3.27. The molecule has 1 heterocycles. The lowest BCUT2D eigenvalue weighted by molar-refractivity contribution is 0.457. The lowest BCUT2D eigenvalue weighted by atomic mass is 10.0. The highest BCUT2D eigenvalue weighted by Gasteiger charge is 2.17. The summed E-state index contributed by atoms with van der Waals surface area (Å²) in [4.78, 5) is 2.31. The fourth-order valence-corrected chi connectivity index (χ4v) is 2.53. The summed E-state index contributed by atoms with van der Waals surface area (Å²) in [7, 11) is 0. The van der Waals surface area contributed by atoms with E-state index in [1.807, 2.05) is 12.1 Å². The molecule has 0 radical (unpaired) electrons. The Kier molecular flexibility index (Phi) is 4.02. The van der Waals surface area contributed by atoms with E-state index in [-0.39, 0.29) is 0 Å². The minimum absolute atomic E-state index is 0.451. The van der Waals surface area contributed by atoms with E-state index in [2.05, 4.69) is 11.8 Å². The Morgan fingerprint density at radius 3 is 3.06 bits per heavy atom. The second-order valence-corrected chi connectivity index (χ2v) is 4.78. The average Bonchev–Trinajstić information content (AvgIpc) is 2.29. The quantitative estimate of drug-likeness (QED) is 0.839. The van der Waals surface area contributed by atoms with Crippen LogP contribution in [-0.4, -0.2) is 21.9 Å². The number of rotatable bonds is 4. The molecule has 0 saturated carbocycles. The van der Waals surface area contributed by atoms with Gasteiger partial charge in [-0.15, -0.1) is 0 Å². The summed E-state index contributed by atoms with van der Waals surface area (Å²) in [6.45, 7) is 4.21. The van der Waals surface area contributed by atoms with E-state index in [1.165, 1.54) is 12.0 Å². The summed E-state index contributed by atoms with van der Waals surface area (Å²) in [5, 5.41) is 0. The Labute approximate surface area is 104 Å². The van der Waals surface area contributed by atoms with Gasteiger partial charge in [-0.05, 0) is 30.9 Å². The van der Waals surface area contributed by atoms with Gasteiger partial charge in [-0.2, -0.15) is 4.21 Å². The van der Waals surface area contributed by atoms with Gasteiger partial charge in [0, 0.05) is 24.8 Å². The minimum Gasteiger partial charge on any atom is -0.380 e. The molecule has 0 aliphatic carbocycles. The van der Waals surface area contributed by atoms with Crippen LogP contribution in [0.25, 0.3) is 0 Å². The first kappa shape index (κ1) is 12.4. The van der Waals surface area contributed by atoms with Crippen LogP contribution in [0.3, 0.4) is 0 Å². The second-order valence-electron chi connectivity index (χ2n) is 4.18. The molecule has 0 amide bonds. The molecule has 0 spiro atoms. The van der Waals surface area contributed by atoms with E-state index in [1.54, 1.807) is 6.07 Å². The summed E-state index contributed by atoms with van der Waals surface area (Å²) in [6, 6.07) is 5.60. The monoisotopic (exact) mass is 255 g/mol. The van der Waals surface area contributed by atoms with Crippen LogP contribution in [0.1, 0.15) is 25.3 Å². The number of anilines is 1. The third-order valence-electron chi connectivity index (χ3n) is 2.93. The zero-order valence-corrected chi connectivity index (χ0v) is 10.7. The molecule has 4 nitrogen and oxygen atoms in total. The topological polar surface area (TPSA) is 49.8 Å². The first-order valence-electron chi connectivity index (χ1n) is 5.87. The third kappa shape index (κ3) is 2.98. The molecule has 1 atom stereocenters. The Morgan fingerprint density at radius 1 is 1.53 bits per heavy atom. The Balaban J connectivity index is 2.26. The summed E-state index contributed by atoms with van der Waals surface area (Å²) in [5.41, 5.74) is 2.43. The molecule has 5 heteroatoms. The summed E-state index contributed by atoms with van der Waals surface area (Å²) in [6.07, 6.45) is 3.33. The van der Waals surface area contributed by atoms with Crippen molar-refractivity contribution in [2.45, 2.75) is 26.2 Å². The van der Waals surface area contributed by atoms with Crippen LogP contribution in [0.2, 0.25) is 0 Å². The maximum Gasteiger partial charge on any atom is 0.357 e. The van der Waals surface area contributed by atoms with Crippen LogP contribution in [0.15, 0.2) is 18.2 Å². The number of hydrogen-bond acceptors (Lipinski definition) is 3. The molecule has 1 aromatic rings. The maximum atomic E-state index is 10.6. The predicted molar refractivity (Wildman–Crippen MR) is 68.7 cm³/mol. The van der Waals surface area contributed by atoms with Gasteiger partial charge in [0.2, 0.25) is 0 Å². The summed E-state index contributed by atoms with van der Waals surface area (Å²) < 4.78 is 24.1. The normalized spacial score (nSPS) is 16.5. The van der Waals surface area contributed by atoms with Crippen LogP contribution in [0.5, 0.6) is 5.75 Å². The van der Waals surface area contributed by atoms with Crippen molar-refractivity contribution >= 4 is 17.0 Å². The molecular formula is C12H17NO3S. The van der Waals surface area contributed by atoms with Crippen LogP contribution >= 0.6 is 0 Å². The Bertz CT molecular complexity index is 422. The van der Waals surface area contributed by atoms with Crippen molar-refractivity contribution in [2.24, 2.45) is 0 Å². The zero-order valence-electron chi connectivity index (χ0n) is 9.89. The fourth-order valence-electron chi connectivity index (χ4n) is 2.27. The molecule has 1 aliphatic heterocycles. The van der Waals surface area contributed by atoms with E-state index in [9.17, 15) is 4.21 Å². The molecule has 1 N–H and O–H groups in total. The van der Waals surface area contributed by atoms with E-state index >= 15 is 0 Å². The lowest BCUT2D eigenvalue weighted by Gasteiger charge is -2.31. The Hall–Kier alpha value is -1.07. The number of fused-ring (bicyclic) bond motifs is 1. The second kappa shape index (κ2) is 5.51. The predicted octanol–water partition coefficient (Wildman–Crippen LogP) is 2.36. The molecule has 1 unspecified atom stereocenters. The van der Waals surface area contributed by atoms with Crippen LogP contribution in [0, 0.1) is 0 Å². The highest BCUT2D eigenvalue weighted by Crippen LogP contribution is 2.31. The largest absolute Gasteiger partial charge is 0.380 e. The van der Waals surface area contributed by atoms with Crippen molar-refractivity contribution in [3.63, 3.8) is 0 Å². The highest BCUT2D eigenvalue weighted by molar-refractivity contribution is 7.74. The van der Waals surface area contributed by atoms with Gasteiger partial charge < -0.3 is 9.08 Å². The van der Waals surface area contributed by atoms with Gasteiger partial charge in [-0.1, -0.05) is 13.0 Å². The van der Waals surface area contributed by atoms with Crippen molar-refractivity contribution < 1.29 is 12.9 Å². The fraction of sp³-hybridized carbons (Fsp3) is 0.500. The van der Waals surface area contributed by atoms with E-state index in [4.69, 9.17) is 8.74 Å². The van der Waals surface area contributed by atoms with E-state index in [0.717, 1.165) is 31.6 Å². The van der Waals surface area contributed by atoms with Crippen molar-refractivity contribution in [2.75, 3.05) is 18.0 Å². The van der Waals surface area contributed by atoms with E-state index in [0.29, 0.717) is 5.75 Å². The van der Waals surface area contributed by atoms with Gasteiger partial charge in [0.1, 0.15) is 5.75 Å². The first-order valence-corrected chi connectivity index (χ1v) is 6.91. The standard InChI is InChI=1S/C12H17NO3S/c1-2-7-13-8-3-4-10-5-6-11(9-12(10)13)16-17(14)15/h5-6,9H,2-4,7-8H2,1H3,(H,14,15). The highest BCUT2D eigenvalue weighted by atomic mass is 32.2. The van der Waals surface area contributed by atoms with Gasteiger partial charge in [-0.25, -0.2) is 0 Å². The van der Waals surface area contributed by atoms with Crippen molar-refractivity contribution in [3.8, 4) is 5.75 Å². The van der Waals surface area contributed by atoms with Gasteiger partial charge in [0.15, 0.2) is 0 Å². The molecule has 1 aliphatic rings. The molecule has 94 valence electrons. The molecule has 1 aromatic carbocycles. The minimum atomic E-state index is -2.25. The molecule has 0 fully saturated rings. The first-order chi connectivity index (χ1) is 8.20. The molecule has 0 aromatic heterocycles. The number of aryl methyl sites for hydroxylation is 1. The van der Waals surface area contributed by atoms with Crippen LogP contribution < -0.4 is 9.08 Å². The summed E-state index contributed by atoms with van der Waals surface area (Å²) >= 11 is -2.25. The molecule has 0 bridgehead atoms. The summed E-state index contributed by atoms with van der Waals surface area (Å²) in [5.74, 6) is 0.451. The molecule has 2 rings (SSSR count). The Morgan fingerprint density at radius 2 is 2.35 bits per heavy atom. The maximum absolute atomic E-state index is 10.6. The van der Waals surface area contributed by atoms with Crippen LogP contribution in [-0.2, 0) is 17.8 Å². The lowest BCUT2D eigenvalue weighted by Crippen LogP contribution is -2.29. The molecule has 0 saturated heterocycles. The van der Waals surface area contributed by atoms with Crippen molar-refractivity contribution in [1.82, 2.24) is 0 Å². The smallest absolute Gasteiger partial charge is 0.357 e. The van der Waals surface area contributed by atoms with Gasteiger partial charge in [0.05, 0.1) is 0 Å². The zero-order chi connectivity index (χ0) is 12.3. The van der Waals surface area contributed by atoms with Crippen LogP contribution in [0.4, 0.5) is 5.69 Å². The molecule has 17 heavy (non-hydrogen) atoms. The van der Waals surface area contributed by atoms with Crippen molar-refractivity contribution in [3.05, 3.63) is 23.8 Å². The molecular weight excluding hydrogens is 238 g/mol. The van der Waals surface area contributed by atoms with Gasteiger partial charge >= 0.3 is 11.4 Å². The van der Waals surface area contributed by atoms with Gasteiger partial charge in [-0.3, -0.25) is 4.55 Å². The average molecular weight is 255 g/mol. The SMILES string of the molecule is CCCN1CCCc2ccc(OS(=O)O)cc21. The van der Waals surface area contributed by atoms with E-state index < -0.39 is 11.4 Å². The van der Waals surface area contributed by atoms with Crippen molar-refractivity contribution in [1.29, 1.82) is 0 Å².